The van der Waals surface area contributed by atoms with Gasteiger partial charge >= 0.3 is 6.03 Å². The molecule has 1 heterocycles. The second kappa shape index (κ2) is 6.04. The first-order valence-corrected chi connectivity index (χ1v) is 6.96. The summed E-state index contributed by atoms with van der Waals surface area (Å²) in [4.78, 5) is 25.1. The minimum absolute atomic E-state index is 0.171. The molecule has 23 heavy (non-hydrogen) atoms. The highest BCUT2D eigenvalue weighted by Gasteiger charge is 2.21. The second-order valence-corrected chi connectivity index (χ2v) is 5.01. The summed E-state index contributed by atoms with van der Waals surface area (Å²) in [6, 6.07) is 9.18. The van der Waals surface area contributed by atoms with Crippen molar-refractivity contribution in [3.8, 4) is 0 Å². The standard InChI is InChI=1S/C16H13F2N3O2/c17-10-1-6-13(14(18)9-10)15(22)20-11-2-4-12(5-3-11)21-8-7-19-16(21)23/h1-6,9H,7-8H2,(H,19,23)(H,20,22). The number of nitrogens with one attached hydrogen (secondary N) is 2. The molecule has 1 fully saturated rings. The summed E-state index contributed by atoms with van der Waals surface area (Å²) in [5.74, 6) is -2.34. The Hall–Kier alpha value is -2.96. The van der Waals surface area contributed by atoms with Gasteiger partial charge < -0.3 is 10.6 Å². The van der Waals surface area contributed by atoms with Gasteiger partial charge in [-0.25, -0.2) is 13.6 Å². The van der Waals surface area contributed by atoms with E-state index < -0.39 is 17.5 Å². The second-order valence-electron chi connectivity index (χ2n) is 5.01. The summed E-state index contributed by atoms with van der Waals surface area (Å²) in [5, 5.41) is 5.22. The smallest absolute Gasteiger partial charge is 0.321 e. The zero-order valence-corrected chi connectivity index (χ0v) is 12.0. The van der Waals surface area contributed by atoms with E-state index in [2.05, 4.69) is 10.6 Å². The topological polar surface area (TPSA) is 61.4 Å². The van der Waals surface area contributed by atoms with Crippen LogP contribution in [-0.2, 0) is 0 Å². The molecule has 118 valence electrons. The van der Waals surface area contributed by atoms with Crippen LogP contribution < -0.4 is 15.5 Å². The zero-order valence-electron chi connectivity index (χ0n) is 12.0. The summed E-state index contributed by atoms with van der Waals surface area (Å²) in [6.45, 7) is 1.16. The van der Waals surface area contributed by atoms with E-state index >= 15 is 0 Å². The number of anilines is 2. The molecule has 1 aliphatic heterocycles. The quantitative estimate of drug-likeness (QED) is 0.914. The largest absolute Gasteiger partial charge is 0.336 e. The van der Waals surface area contributed by atoms with Gasteiger partial charge in [-0.05, 0) is 36.4 Å². The van der Waals surface area contributed by atoms with Crippen molar-refractivity contribution in [2.75, 3.05) is 23.3 Å². The summed E-state index contributed by atoms with van der Waals surface area (Å²) < 4.78 is 26.4. The van der Waals surface area contributed by atoms with Gasteiger partial charge in [-0.3, -0.25) is 9.69 Å². The SMILES string of the molecule is O=C(Nc1ccc(N2CCNC2=O)cc1)c1ccc(F)cc1F. The van der Waals surface area contributed by atoms with E-state index in [1.54, 1.807) is 29.2 Å². The zero-order chi connectivity index (χ0) is 16.4. The third-order valence-corrected chi connectivity index (χ3v) is 3.47. The normalized spacial score (nSPS) is 13.8. The van der Waals surface area contributed by atoms with Crippen molar-refractivity contribution >= 4 is 23.3 Å². The van der Waals surface area contributed by atoms with Crippen LogP contribution >= 0.6 is 0 Å². The van der Waals surface area contributed by atoms with Gasteiger partial charge in [0.2, 0.25) is 0 Å². The maximum absolute atomic E-state index is 13.6. The molecule has 0 atom stereocenters. The third kappa shape index (κ3) is 3.13. The minimum Gasteiger partial charge on any atom is -0.336 e. The lowest BCUT2D eigenvalue weighted by molar-refractivity contribution is 0.102. The average Bonchev–Trinajstić information content (AvgIpc) is 2.94. The molecule has 0 aromatic heterocycles. The van der Waals surface area contributed by atoms with Gasteiger partial charge in [-0.15, -0.1) is 0 Å². The molecule has 0 unspecified atom stereocenters. The number of amides is 3. The van der Waals surface area contributed by atoms with E-state index in [-0.39, 0.29) is 11.6 Å². The van der Waals surface area contributed by atoms with Crippen molar-refractivity contribution < 1.29 is 18.4 Å². The number of halogens is 2. The number of benzene rings is 2. The molecule has 2 aromatic carbocycles. The van der Waals surface area contributed by atoms with E-state index in [1.165, 1.54) is 0 Å². The van der Waals surface area contributed by atoms with Crippen LogP contribution in [-0.4, -0.2) is 25.0 Å². The van der Waals surface area contributed by atoms with Crippen molar-refractivity contribution in [2.45, 2.75) is 0 Å². The maximum atomic E-state index is 13.6. The first kappa shape index (κ1) is 15.0. The molecule has 2 N–H and O–H groups in total. The Kier molecular flexibility index (Phi) is 3.92. The number of carbonyl (C=O) groups excluding carboxylic acids is 2. The van der Waals surface area contributed by atoms with Crippen molar-refractivity contribution in [3.05, 3.63) is 59.7 Å². The van der Waals surface area contributed by atoms with Crippen LogP contribution in [0.4, 0.5) is 25.0 Å². The van der Waals surface area contributed by atoms with Gasteiger partial charge in [0.05, 0.1) is 5.56 Å². The van der Waals surface area contributed by atoms with Crippen molar-refractivity contribution in [3.63, 3.8) is 0 Å². The molecule has 3 amide bonds. The molecule has 0 radical (unpaired) electrons. The van der Waals surface area contributed by atoms with Crippen molar-refractivity contribution in [1.29, 1.82) is 0 Å². The molecule has 7 heteroatoms. The average molecular weight is 317 g/mol. The molecule has 2 aromatic rings. The summed E-state index contributed by atoms with van der Waals surface area (Å²) in [6.07, 6.45) is 0. The summed E-state index contributed by atoms with van der Waals surface area (Å²) >= 11 is 0. The molecule has 0 saturated carbocycles. The van der Waals surface area contributed by atoms with Gasteiger partial charge in [0.15, 0.2) is 0 Å². The Balaban J connectivity index is 1.73. The first-order valence-electron chi connectivity index (χ1n) is 6.96. The number of hydrogen-bond donors (Lipinski definition) is 2. The highest BCUT2D eigenvalue weighted by Crippen LogP contribution is 2.20. The van der Waals surface area contributed by atoms with Crippen LogP contribution in [0.5, 0.6) is 0 Å². The predicted molar refractivity (Wildman–Crippen MR) is 81.5 cm³/mol. The fourth-order valence-electron chi connectivity index (χ4n) is 2.31. The van der Waals surface area contributed by atoms with E-state index in [1.807, 2.05) is 0 Å². The highest BCUT2D eigenvalue weighted by atomic mass is 19.1. The van der Waals surface area contributed by atoms with Gasteiger partial charge in [-0.2, -0.15) is 0 Å². The highest BCUT2D eigenvalue weighted by molar-refractivity contribution is 6.04. The van der Waals surface area contributed by atoms with Crippen LogP contribution in [0.1, 0.15) is 10.4 Å². The first-order chi connectivity index (χ1) is 11.0. The van der Waals surface area contributed by atoms with Crippen LogP contribution in [0, 0.1) is 11.6 Å². The molecular formula is C16H13F2N3O2. The number of nitrogens with zero attached hydrogens (tertiary/aromatic N) is 1. The third-order valence-electron chi connectivity index (χ3n) is 3.47. The Morgan fingerprint density at radius 3 is 2.48 bits per heavy atom. The molecule has 1 aliphatic rings. The van der Waals surface area contributed by atoms with Crippen LogP contribution in [0.3, 0.4) is 0 Å². The van der Waals surface area contributed by atoms with Gasteiger partial charge in [0, 0.05) is 30.5 Å². The van der Waals surface area contributed by atoms with Crippen LogP contribution in [0.2, 0.25) is 0 Å². The van der Waals surface area contributed by atoms with Crippen molar-refractivity contribution in [1.82, 2.24) is 5.32 Å². The lowest BCUT2D eigenvalue weighted by Gasteiger charge is -2.14. The molecule has 1 saturated heterocycles. The van der Waals surface area contributed by atoms with Gasteiger partial charge in [-0.1, -0.05) is 0 Å². The lowest BCUT2D eigenvalue weighted by Crippen LogP contribution is -2.27. The van der Waals surface area contributed by atoms with Crippen LogP contribution in [0.25, 0.3) is 0 Å². The number of urea groups is 1. The Labute approximate surface area is 130 Å². The lowest BCUT2D eigenvalue weighted by atomic mass is 10.2. The molecular weight excluding hydrogens is 304 g/mol. The fraction of sp³-hybridized carbons (Fsp3) is 0.125. The Morgan fingerprint density at radius 1 is 1.13 bits per heavy atom. The Morgan fingerprint density at radius 2 is 1.87 bits per heavy atom. The Bertz CT molecular complexity index is 762. The molecule has 3 rings (SSSR count). The number of rotatable bonds is 3. The van der Waals surface area contributed by atoms with E-state index in [9.17, 15) is 18.4 Å². The van der Waals surface area contributed by atoms with Gasteiger partial charge in [0.25, 0.3) is 5.91 Å². The van der Waals surface area contributed by atoms with Gasteiger partial charge in [0.1, 0.15) is 11.6 Å². The van der Waals surface area contributed by atoms with E-state index in [0.717, 1.165) is 12.1 Å². The molecule has 0 bridgehead atoms. The number of carbonyl (C=O) groups is 2. The van der Waals surface area contributed by atoms with Crippen molar-refractivity contribution in [2.24, 2.45) is 0 Å². The summed E-state index contributed by atoms with van der Waals surface area (Å²) in [5.41, 5.74) is 0.905. The van der Waals surface area contributed by atoms with E-state index in [0.29, 0.717) is 30.5 Å². The molecule has 5 nitrogen and oxygen atoms in total. The fourth-order valence-corrected chi connectivity index (χ4v) is 2.31. The minimum atomic E-state index is -0.923. The molecule has 0 spiro atoms. The monoisotopic (exact) mass is 317 g/mol. The number of hydrogen-bond acceptors (Lipinski definition) is 2. The predicted octanol–water partition coefficient (Wildman–Crippen LogP) is 2.75. The van der Waals surface area contributed by atoms with E-state index in [4.69, 9.17) is 0 Å². The summed E-state index contributed by atoms with van der Waals surface area (Å²) in [7, 11) is 0. The molecule has 0 aliphatic carbocycles. The van der Waals surface area contributed by atoms with Crippen LogP contribution in [0.15, 0.2) is 42.5 Å². The maximum Gasteiger partial charge on any atom is 0.321 e.